The number of hydrogen-bond donors (Lipinski definition) is 0. The van der Waals surface area contributed by atoms with Crippen molar-refractivity contribution in [3.8, 4) is 0 Å². The molecule has 2 amide bonds. The number of halogens is 2. The molecule has 56 heavy (non-hydrogen) atoms. The van der Waals surface area contributed by atoms with Crippen LogP contribution in [0.25, 0.3) is 29.9 Å². The number of nitrogens with zero attached hydrogens (tertiary/aromatic N) is 2. The highest BCUT2D eigenvalue weighted by Gasteiger charge is 2.46. The lowest BCUT2D eigenvalue weighted by Crippen LogP contribution is -2.33. The third-order valence-corrected chi connectivity index (χ3v) is 17.7. The van der Waals surface area contributed by atoms with Gasteiger partial charge >= 0.3 is 0 Å². The molecule has 0 N–H and O–H groups in total. The molecule has 308 valence electrons. The zero-order valence-electron chi connectivity index (χ0n) is 34.4. The van der Waals surface area contributed by atoms with Gasteiger partial charge in [0.25, 0.3) is 11.8 Å². The van der Waals surface area contributed by atoms with Crippen molar-refractivity contribution in [2.24, 2.45) is 11.8 Å². The molecule has 0 bridgehead atoms. The van der Waals surface area contributed by atoms with Gasteiger partial charge in [-0.15, -0.1) is 45.3 Å². The molecule has 0 aliphatic carbocycles. The van der Waals surface area contributed by atoms with Gasteiger partial charge in [-0.2, -0.15) is 0 Å². The Morgan fingerprint density at radius 1 is 0.500 bits per heavy atom. The molecule has 0 spiro atoms. The van der Waals surface area contributed by atoms with E-state index in [1.165, 1.54) is 138 Å². The second-order valence-electron chi connectivity index (χ2n) is 16.8. The van der Waals surface area contributed by atoms with Crippen LogP contribution in [0, 0.1) is 11.8 Å². The van der Waals surface area contributed by atoms with Crippen molar-refractivity contribution in [1.29, 1.82) is 0 Å². The van der Waals surface area contributed by atoms with Crippen LogP contribution in [0.1, 0.15) is 179 Å². The number of rotatable bonds is 26. The van der Waals surface area contributed by atoms with E-state index >= 15 is 0 Å². The van der Waals surface area contributed by atoms with E-state index in [4.69, 9.17) is 0 Å². The third kappa shape index (κ3) is 10.8. The fourth-order valence-corrected chi connectivity index (χ4v) is 15.3. The van der Waals surface area contributed by atoms with Crippen LogP contribution in [0.2, 0.25) is 0 Å². The van der Waals surface area contributed by atoms with E-state index in [-0.39, 0.29) is 11.8 Å². The Morgan fingerprint density at radius 2 is 0.821 bits per heavy atom. The minimum atomic E-state index is 0.0140. The van der Waals surface area contributed by atoms with Gasteiger partial charge in [0.2, 0.25) is 0 Å². The predicted molar refractivity (Wildman–Crippen MR) is 258 cm³/mol. The Balaban J connectivity index is 1.15. The van der Waals surface area contributed by atoms with Crippen LogP contribution < -0.4 is 9.80 Å². The summed E-state index contributed by atoms with van der Waals surface area (Å²) in [5.74, 6) is 0.789. The largest absolute Gasteiger partial charge is 0.305 e. The average Bonchev–Trinajstić information content (AvgIpc) is 3.98. The Morgan fingerprint density at radius 3 is 1.16 bits per heavy atom. The molecule has 6 rings (SSSR count). The van der Waals surface area contributed by atoms with Crippen LogP contribution in [-0.4, -0.2) is 24.9 Å². The van der Waals surface area contributed by atoms with Gasteiger partial charge in [0.05, 0.1) is 49.2 Å². The lowest BCUT2D eigenvalue weighted by Gasteiger charge is -2.22. The number of thiophene rings is 4. The maximum atomic E-state index is 14.8. The fraction of sp³-hybridized carbons (Fsp3) is 0.652. The Hall–Kier alpha value is -1.04. The van der Waals surface area contributed by atoms with Gasteiger partial charge in [-0.05, 0) is 68.7 Å². The molecule has 4 nitrogen and oxygen atoms in total. The minimum Gasteiger partial charge on any atom is -0.305 e. The minimum absolute atomic E-state index is 0.0140. The van der Waals surface area contributed by atoms with Crippen LogP contribution in [0.4, 0.5) is 11.4 Å². The first-order valence-corrected chi connectivity index (χ1v) is 26.9. The van der Waals surface area contributed by atoms with E-state index in [1.807, 2.05) is 0 Å². The summed E-state index contributed by atoms with van der Waals surface area (Å²) in [7, 11) is 0. The van der Waals surface area contributed by atoms with Crippen LogP contribution in [-0.2, 0) is 9.59 Å². The molecular weight excluding hydrogens is 901 g/mol. The molecule has 2 unspecified atom stereocenters. The highest BCUT2D eigenvalue weighted by Crippen LogP contribution is 2.58. The summed E-state index contributed by atoms with van der Waals surface area (Å²) in [6.07, 6.45) is 28.9. The van der Waals surface area contributed by atoms with E-state index in [2.05, 4.69) is 81.5 Å². The number of hydrogen-bond acceptors (Lipinski definition) is 6. The Labute approximate surface area is 370 Å². The summed E-state index contributed by atoms with van der Waals surface area (Å²) in [5.41, 5.74) is 3.34. The number of carbonyl (C=O) groups is 2. The average molecular weight is 965 g/mol. The SMILES string of the molecule is CCCCCCCCCCCCC(C)CN1C(=O)/C(=C2/C(=O)N(CC(C)CCCCCCCCCCCC)c3c2sc2cc(Br)sc32)c2sc3cc(Br)sc3c21. The first kappa shape index (κ1) is 44.5. The highest BCUT2D eigenvalue weighted by molar-refractivity contribution is 9.11. The zero-order valence-corrected chi connectivity index (χ0v) is 40.8. The molecule has 0 saturated heterocycles. The van der Waals surface area contributed by atoms with Crippen LogP contribution in [0.5, 0.6) is 0 Å². The molecule has 0 radical (unpaired) electrons. The van der Waals surface area contributed by atoms with Gasteiger partial charge in [0, 0.05) is 22.5 Å². The molecule has 10 heteroatoms. The fourth-order valence-electron chi connectivity index (χ4n) is 8.75. The molecular formula is C46H64Br2N2O2S4. The summed E-state index contributed by atoms with van der Waals surface area (Å²) in [4.78, 5) is 35.8. The van der Waals surface area contributed by atoms with E-state index in [0.717, 1.165) is 50.9 Å². The summed E-state index contributed by atoms with van der Waals surface area (Å²) < 4.78 is 6.87. The van der Waals surface area contributed by atoms with E-state index < -0.39 is 0 Å². The van der Waals surface area contributed by atoms with Crippen molar-refractivity contribution in [3.63, 3.8) is 0 Å². The van der Waals surface area contributed by atoms with Crippen LogP contribution >= 0.6 is 77.2 Å². The topological polar surface area (TPSA) is 40.6 Å². The van der Waals surface area contributed by atoms with Crippen molar-refractivity contribution in [1.82, 2.24) is 0 Å². The van der Waals surface area contributed by atoms with Gasteiger partial charge in [-0.1, -0.05) is 156 Å². The van der Waals surface area contributed by atoms with Gasteiger partial charge in [0.15, 0.2) is 0 Å². The van der Waals surface area contributed by atoms with E-state index in [0.29, 0.717) is 36.1 Å². The third-order valence-electron chi connectivity index (χ3n) is 11.9. The van der Waals surface area contributed by atoms with E-state index in [9.17, 15) is 9.59 Å². The summed E-state index contributed by atoms with van der Waals surface area (Å²) in [5, 5.41) is 0. The van der Waals surface area contributed by atoms with E-state index in [1.54, 1.807) is 45.3 Å². The summed E-state index contributed by atoms with van der Waals surface area (Å²) >= 11 is 14.3. The van der Waals surface area contributed by atoms with Crippen molar-refractivity contribution in [2.75, 3.05) is 22.9 Å². The molecule has 0 fully saturated rings. The first-order chi connectivity index (χ1) is 27.2. The standard InChI is InChI=1S/C46H64Br2N2O2S4/c1-5-7-9-11-13-15-17-19-21-23-25-31(3)29-49-39-41-33(27-35(47)55-41)53-43(39)37(45(49)51)38-44-40(42-34(54-44)28-36(48)56-42)50(46(38)52)30-32(4)26-24-22-20-18-16-14-12-10-8-6-2/h27-28,31-32H,5-26,29-30H2,1-4H3/b38-37+. The number of anilines is 2. The smallest absolute Gasteiger partial charge is 0.260 e. The molecule has 4 aromatic rings. The lowest BCUT2D eigenvalue weighted by atomic mass is 10.0. The molecule has 6 heterocycles. The summed E-state index contributed by atoms with van der Waals surface area (Å²) in [6, 6.07) is 4.37. The van der Waals surface area contributed by atoms with Crippen LogP contribution in [0.3, 0.4) is 0 Å². The maximum Gasteiger partial charge on any atom is 0.260 e. The highest BCUT2D eigenvalue weighted by atomic mass is 79.9. The monoisotopic (exact) mass is 962 g/mol. The Kier molecular flexibility index (Phi) is 17.5. The van der Waals surface area contributed by atoms with Crippen molar-refractivity contribution >= 4 is 130 Å². The van der Waals surface area contributed by atoms with Gasteiger partial charge < -0.3 is 9.80 Å². The van der Waals surface area contributed by atoms with Gasteiger partial charge in [-0.3, -0.25) is 9.59 Å². The molecule has 2 aliphatic rings. The van der Waals surface area contributed by atoms with Crippen molar-refractivity contribution in [3.05, 3.63) is 29.5 Å². The normalized spacial score (nSPS) is 16.7. The predicted octanol–water partition coefficient (Wildman–Crippen LogP) is 17.3. The molecule has 2 aliphatic heterocycles. The number of unbranched alkanes of at least 4 members (excludes halogenated alkanes) is 18. The molecule has 0 saturated carbocycles. The van der Waals surface area contributed by atoms with Crippen molar-refractivity contribution < 1.29 is 9.59 Å². The molecule has 4 aromatic heterocycles. The maximum absolute atomic E-state index is 14.8. The second kappa shape index (κ2) is 22.0. The Bertz CT molecular complexity index is 1800. The van der Waals surface area contributed by atoms with Gasteiger partial charge in [0.1, 0.15) is 0 Å². The number of carbonyl (C=O) groups excluding carboxylic acids is 2. The molecule has 0 aromatic carbocycles. The lowest BCUT2D eigenvalue weighted by molar-refractivity contribution is -0.114. The van der Waals surface area contributed by atoms with Gasteiger partial charge in [-0.25, -0.2) is 0 Å². The number of fused-ring (bicyclic) bond motifs is 6. The summed E-state index contributed by atoms with van der Waals surface area (Å²) in [6.45, 7) is 10.6. The zero-order chi connectivity index (χ0) is 39.6. The molecule has 2 atom stereocenters. The van der Waals surface area contributed by atoms with Crippen molar-refractivity contribution in [2.45, 2.75) is 169 Å². The number of amides is 2. The second-order valence-corrected chi connectivity index (χ2v) is 23.7. The quantitative estimate of drug-likeness (QED) is 0.0465. The first-order valence-electron chi connectivity index (χ1n) is 22.1. The van der Waals surface area contributed by atoms with Crippen LogP contribution in [0.15, 0.2) is 19.7 Å².